The minimum atomic E-state index is 1.23. The third kappa shape index (κ3) is 4.58. The first kappa shape index (κ1) is 28.0. The standard InChI is InChI=1S/C48H30S/c1-3-14-33-28-36(26-24-31(33)12-1)46-41-20-7-5-18-39(41)45(40-19-6-8-21-42(40)46)35-16-11-17-38(30-35)48-47(43-22-9-10-23-44(43)49-48)37-27-25-32-13-2-4-15-34(32)29-37/h1-30H. The van der Waals surface area contributed by atoms with Gasteiger partial charge in [-0.25, -0.2) is 0 Å². The normalized spacial score (nSPS) is 11.7. The van der Waals surface area contributed by atoms with Crippen LogP contribution in [-0.4, -0.2) is 0 Å². The van der Waals surface area contributed by atoms with Crippen molar-refractivity contribution in [2.45, 2.75) is 0 Å². The van der Waals surface area contributed by atoms with E-state index in [1.807, 2.05) is 11.3 Å². The van der Waals surface area contributed by atoms with E-state index in [1.165, 1.54) is 97.0 Å². The van der Waals surface area contributed by atoms with Gasteiger partial charge in [0.1, 0.15) is 0 Å². The zero-order valence-electron chi connectivity index (χ0n) is 26.7. The first-order valence-electron chi connectivity index (χ1n) is 16.8. The van der Waals surface area contributed by atoms with Crippen molar-refractivity contribution in [2.24, 2.45) is 0 Å². The fraction of sp³-hybridized carbons (Fsp3) is 0. The van der Waals surface area contributed by atoms with Crippen molar-refractivity contribution in [3.8, 4) is 43.8 Å². The second-order valence-electron chi connectivity index (χ2n) is 12.8. The molecule has 0 bridgehead atoms. The molecule has 0 spiro atoms. The van der Waals surface area contributed by atoms with Crippen LogP contribution in [0.3, 0.4) is 0 Å². The predicted octanol–water partition coefficient (Wildman–Crippen LogP) is 14.2. The van der Waals surface area contributed by atoms with Crippen LogP contribution in [0.4, 0.5) is 0 Å². The Hall–Kier alpha value is -6.02. The number of rotatable bonds is 4. The lowest BCUT2D eigenvalue weighted by atomic mass is 9.85. The molecule has 1 heteroatoms. The average molecular weight is 639 g/mol. The summed E-state index contributed by atoms with van der Waals surface area (Å²) in [6.07, 6.45) is 0. The lowest BCUT2D eigenvalue weighted by molar-refractivity contribution is 1.65. The lowest BCUT2D eigenvalue weighted by Gasteiger charge is -2.18. The topological polar surface area (TPSA) is 0 Å². The highest BCUT2D eigenvalue weighted by Gasteiger charge is 2.20. The Morgan fingerprint density at radius 1 is 0.265 bits per heavy atom. The molecule has 0 aliphatic rings. The van der Waals surface area contributed by atoms with Crippen LogP contribution in [0, 0.1) is 0 Å². The molecule has 0 unspecified atom stereocenters. The summed E-state index contributed by atoms with van der Waals surface area (Å²) in [7, 11) is 0. The Labute approximate surface area is 289 Å². The summed E-state index contributed by atoms with van der Waals surface area (Å²) >= 11 is 1.89. The van der Waals surface area contributed by atoms with Gasteiger partial charge in [0.15, 0.2) is 0 Å². The van der Waals surface area contributed by atoms with Gasteiger partial charge in [-0.3, -0.25) is 0 Å². The molecule has 0 amide bonds. The Balaban J connectivity index is 1.21. The monoisotopic (exact) mass is 638 g/mol. The largest absolute Gasteiger partial charge is 0.135 e. The zero-order valence-corrected chi connectivity index (χ0v) is 27.5. The van der Waals surface area contributed by atoms with Gasteiger partial charge in [0.2, 0.25) is 0 Å². The number of hydrogen-bond acceptors (Lipinski definition) is 1. The van der Waals surface area contributed by atoms with E-state index in [0.717, 1.165) is 0 Å². The molecular weight excluding hydrogens is 609 g/mol. The predicted molar refractivity (Wildman–Crippen MR) is 214 cm³/mol. The fourth-order valence-corrected chi connectivity index (χ4v) is 9.01. The third-order valence-corrected chi connectivity index (χ3v) is 11.2. The Morgan fingerprint density at radius 3 is 1.27 bits per heavy atom. The molecule has 0 atom stereocenters. The van der Waals surface area contributed by atoms with Gasteiger partial charge < -0.3 is 0 Å². The smallest absolute Gasteiger partial charge is 0.0434 e. The van der Waals surface area contributed by atoms with Crippen LogP contribution in [0.15, 0.2) is 182 Å². The van der Waals surface area contributed by atoms with Gasteiger partial charge in [0, 0.05) is 20.5 Å². The van der Waals surface area contributed by atoms with Crippen LogP contribution in [0.2, 0.25) is 0 Å². The zero-order chi connectivity index (χ0) is 32.3. The van der Waals surface area contributed by atoms with E-state index < -0.39 is 0 Å². The van der Waals surface area contributed by atoms with Crippen molar-refractivity contribution in [3.05, 3.63) is 182 Å². The summed E-state index contributed by atoms with van der Waals surface area (Å²) < 4.78 is 1.31. The summed E-state index contributed by atoms with van der Waals surface area (Å²) in [6.45, 7) is 0. The first-order chi connectivity index (χ1) is 24.3. The van der Waals surface area contributed by atoms with E-state index >= 15 is 0 Å². The summed E-state index contributed by atoms with van der Waals surface area (Å²) in [6, 6.07) is 67.0. The van der Waals surface area contributed by atoms with Crippen molar-refractivity contribution in [1.29, 1.82) is 0 Å². The minimum Gasteiger partial charge on any atom is -0.135 e. The Bertz CT molecular complexity index is 2830. The third-order valence-electron chi connectivity index (χ3n) is 10.0. The van der Waals surface area contributed by atoms with Gasteiger partial charge in [-0.15, -0.1) is 11.3 Å². The van der Waals surface area contributed by atoms with E-state index in [-0.39, 0.29) is 0 Å². The van der Waals surface area contributed by atoms with Gasteiger partial charge in [0.05, 0.1) is 0 Å². The molecule has 0 radical (unpaired) electrons. The fourth-order valence-electron chi connectivity index (χ4n) is 7.79. The lowest BCUT2D eigenvalue weighted by Crippen LogP contribution is -1.91. The summed E-state index contributed by atoms with van der Waals surface area (Å²) in [4.78, 5) is 1.31. The molecule has 10 rings (SSSR count). The van der Waals surface area contributed by atoms with Crippen molar-refractivity contribution < 1.29 is 0 Å². The molecule has 0 nitrogen and oxygen atoms in total. The molecule has 49 heavy (non-hydrogen) atoms. The van der Waals surface area contributed by atoms with Crippen molar-refractivity contribution in [1.82, 2.24) is 0 Å². The molecule has 228 valence electrons. The molecule has 9 aromatic carbocycles. The van der Waals surface area contributed by atoms with Gasteiger partial charge >= 0.3 is 0 Å². The van der Waals surface area contributed by atoms with Crippen LogP contribution < -0.4 is 0 Å². The number of benzene rings is 9. The van der Waals surface area contributed by atoms with Crippen molar-refractivity contribution >= 4 is 64.5 Å². The van der Waals surface area contributed by atoms with Gasteiger partial charge in [-0.1, -0.05) is 158 Å². The molecule has 1 heterocycles. The maximum Gasteiger partial charge on any atom is 0.0434 e. The minimum absolute atomic E-state index is 1.23. The summed E-state index contributed by atoms with van der Waals surface area (Å²) in [5.41, 5.74) is 8.87. The van der Waals surface area contributed by atoms with E-state index in [9.17, 15) is 0 Å². The summed E-state index contributed by atoms with van der Waals surface area (Å²) in [5.74, 6) is 0. The Kier molecular flexibility index (Phi) is 6.47. The van der Waals surface area contributed by atoms with Gasteiger partial charge in [-0.05, 0) is 101 Å². The van der Waals surface area contributed by atoms with Crippen LogP contribution in [0.5, 0.6) is 0 Å². The maximum atomic E-state index is 2.42. The summed E-state index contributed by atoms with van der Waals surface area (Å²) in [5, 5.41) is 11.4. The van der Waals surface area contributed by atoms with E-state index in [4.69, 9.17) is 0 Å². The van der Waals surface area contributed by atoms with Gasteiger partial charge in [-0.2, -0.15) is 0 Å². The highest BCUT2D eigenvalue weighted by Crippen LogP contribution is 2.48. The average Bonchev–Trinajstić information content (AvgIpc) is 3.56. The van der Waals surface area contributed by atoms with Crippen LogP contribution in [0.1, 0.15) is 0 Å². The molecule has 0 saturated heterocycles. The molecule has 0 fully saturated rings. The molecule has 0 aliphatic carbocycles. The number of fused-ring (bicyclic) bond motifs is 5. The maximum absolute atomic E-state index is 2.42. The molecule has 0 saturated carbocycles. The molecular formula is C48H30S. The van der Waals surface area contributed by atoms with Crippen molar-refractivity contribution in [3.63, 3.8) is 0 Å². The highest BCUT2D eigenvalue weighted by molar-refractivity contribution is 7.23. The van der Waals surface area contributed by atoms with Crippen LogP contribution in [0.25, 0.3) is 97.0 Å². The van der Waals surface area contributed by atoms with Crippen LogP contribution >= 0.6 is 11.3 Å². The second kappa shape index (κ2) is 11.3. The van der Waals surface area contributed by atoms with Crippen molar-refractivity contribution in [2.75, 3.05) is 0 Å². The molecule has 1 aromatic heterocycles. The highest BCUT2D eigenvalue weighted by atomic mass is 32.1. The van der Waals surface area contributed by atoms with Gasteiger partial charge in [0.25, 0.3) is 0 Å². The first-order valence-corrected chi connectivity index (χ1v) is 17.7. The molecule has 10 aromatic rings. The SMILES string of the molecule is c1cc(-c2sc3ccccc3c2-c2ccc3ccccc3c2)cc(-c2c3ccccc3c(-c3ccc4ccccc4c3)c3ccccc23)c1. The molecule has 0 N–H and O–H groups in total. The second-order valence-corrected chi connectivity index (χ2v) is 13.9. The Morgan fingerprint density at radius 2 is 0.694 bits per heavy atom. The van der Waals surface area contributed by atoms with Crippen LogP contribution in [-0.2, 0) is 0 Å². The number of thiophene rings is 1. The van der Waals surface area contributed by atoms with E-state index in [0.29, 0.717) is 0 Å². The van der Waals surface area contributed by atoms with E-state index in [2.05, 4.69) is 182 Å². The number of hydrogen-bond donors (Lipinski definition) is 0. The molecule has 0 aliphatic heterocycles. The van der Waals surface area contributed by atoms with E-state index in [1.54, 1.807) is 0 Å². The quantitative estimate of drug-likeness (QED) is 0.168.